The van der Waals surface area contributed by atoms with Gasteiger partial charge in [0.2, 0.25) is 0 Å². The molecule has 0 radical (unpaired) electrons. The average Bonchev–Trinajstić information content (AvgIpc) is 3.69. The maximum Gasteiger partial charge on any atom is 0.123 e. The van der Waals surface area contributed by atoms with E-state index in [1.807, 2.05) is 30.3 Å². The van der Waals surface area contributed by atoms with E-state index in [2.05, 4.69) is 209 Å². The molecule has 6 heteroatoms. The lowest BCUT2D eigenvalue weighted by atomic mass is 9.69. The summed E-state index contributed by atoms with van der Waals surface area (Å²) in [6.07, 6.45) is 15.3. The summed E-state index contributed by atoms with van der Waals surface area (Å²) in [5.41, 5.74) is 15.0. The fraction of sp³-hybridized carbons (Fsp3) is 0.111. The smallest absolute Gasteiger partial charge is 0.123 e. The minimum atomic E-state index is -0.279. The molecular weight excluding hydrogens is 851 g/mol. The van der Waals surface area contributed by atoms with Crippen LogP contribution in [0.25, 0.3) is 38.6 Å². The van der Waals surface area contributed by atoms with Gasteiger partial charge in [-0.1, -0.05) is 116 Å². The molecule has 8 aromatic carbocycles. The van der Waals surface area contributed by atoms with Crippen molar-refractivity contribution in [3.8, 4) is 16.8 Å². The Balaban J connectivity index is 0.893. The van der Waals surface area contributed by atoms with Crippen molar-refractivity contribution >= 4 is 55.9 Å². The first-order valence-electron chi connectivity index (χ1n) is 23.9. The van der Waals surface area contributed by atoms with E-state index in [1.165, 1.54) is 34.8 Å². The summed E-state index contributed by atoms with van der Waals surface area (Å²) >= 11 is 0. The van der Waals surface area contributed by atoms with Crippen molar-refractivity contribution in [1.82, 2.24) is 4.57 Å². The average molecular weight is 901 g/mol. The molecule has 336 valence electrons. The van der Waals surface area contributed by atoms with E-state index in [0.29, 0.717) is 0 Å². The minimum absolute atomic E-state index is 0.129. The summed E-state index contributed by atoms with van der Waals surface area (Å²) in [6.45, 7) is 4.81. The minimum Gasteiger partial charge on any atom is -0.334 e. The van der Waals surface area contributed by atoms with Crippen molar-refractivity contribution < 1.29 is 8.78 Å². The number of anilines is 6. The van der Waals surface area contributed by atoms with Crippen LogP contribution >= 0.6 is 0 Å². The van der Waals surface area contributed by atoms with Crippen molar-refractivity contribution in [3.63, 3.8) is 0 Å². The van der Waals surface area contributed by atoms with Gasteiger partial charge in [-0.2, -0.15) is 0 Å². The molecule has 0 fully saturated rings. The summed E-state index contributed by atoms with van der Waals surface area (Å²) < 4.78 is 31.3. The molecule has 0 saturated carbocycles. The first-order chi connectivity index (χ1) is 33.8. The molecular formula is C63H50F2N4. The molecule has 0 spiro atoms. The molecule has 2 aliphatic carbocycles. The normalized spacial score (nSPS) is 18.4. The van der Waals surface area contributed by atoms with Gasteiger partial charge in [0, 0.05) is 67.9 Å². The summed E-state index contributed by atoms with van der Waals surface area (Å²) in [5, 5.41) is 2.30. The number of aromatic nitrogens is 1. The van der Waals surface area contributed by atoms with Gasteiger partial charge in [0.25, 0.3) is 0 Å². The zero-order valence-electron chi connectivity index (χ0n) is 38.6. The molecule has 1 aliphatic heterocycles. The van der Waals surface area contributed by atoms with Crippen molar-refractivity contribution in [2.75, 3.05) is 14.7 Å². The Morgan fingerprint density at radius 2 is 1.12 bits per heavy atom. The number of para-hydroxylation sites is 3. The Hall–Kier alpha value is -8.22. The number of halogens is 2. The van der Waals surface area contributed by atoms with E-state index in [1.54, 1.807) is 12.1 Å². The van der Waals surface area contributed by atoms with Crippen LogP contribution in [0.1, 0.15) is 38.2 Å². The van der Waals surface area contributed by atoms with Gasteiger partial charge < -0.3 is 19.3 Å². The Labute approximate surface area is 402 Å². The van der Waals surface area contributed by atoms with Gasteiger partial charge in [-0.3, -0.25) is 0 Å². The molecule has 0 saturated heterocycles. The first-order valence-corrected chi connectivity index (χ1v) is 23.9. The van der Waals surface area contributed by atoms with Crippen LogP contribution in [0.2, 0.25) is 0 Å². The van der Waals surface area contributed by atoms with Crippen molar-refractivity contribution in [1.29, 1.82) is 0 Å². The van der Waals surface area contributed by atoms with Gasteiger partial charge in [-0.05, 0) is 164 Å². The lowest BCUT2D eigenvalue weighted by Gasteiger charge is -2.49. The molecule has 12 rings (SSSR count). The number of fused-ring (bicyclic) bond motifs is 6. The Bertz CT molecular complexity index is 3490. The number of hydrogen-bond donors (Lipinski definition) is 0. The Morgan fingerprint density at radius 1 is 0.551 bits per heavy atom. The largest absolute Gasteiger partial charge is 0.334 e. The number of allylic oxidation sites excluding steroid dienone is 6. The molecule has 3 aliphatic rings. The van der Waals surface area contributed by atoms with Gasteiger partial charge in [-0.25, -0.2) is 8.78 Å². The zero-order valence-corrected chi connectivity index (χ0v) is 38.6. The van der Waals surface area contributed by atoms with Gasteiger partial charge in [0.05, 0.1) is 16.6 Å². The summed E-state index contributed by atoms with van der Waals surface area (Å²) in [7, 11) is 0. The third kappa shape index (κ3) is 7.26. The first kappa shape index (κ1) is 42.2. The van der Waals surface area contributed by atoms with Crippen LogP contribution in [0.4, 0.5) is 42.9 Å². The number of hydrogen-bond acceptors (Lipinski definition) is 3. The van der Waals surface area contributed by atoms with E-state index < -0.39 is 0 Å². The van der Waals surface area contributed by atoms with Crippen molar-refractivity contribution in [2.24, 2.45) is 5.92 Å². The maximum atomic E-state index is 14.5. The van der Waals surface area contributed by atoms with E-state index >= 15 is 0 Å². The lowest BCUT2D eigenvalue weighted by Crippen LogP contribution is -2.52. The molecule has 0 N–H and O–H groups in total. The third-order valence-electron chi connectivity index (χ3n) is 14.7. The van der Waals surface area contributed by atoms with Crippen molar-refractivity contribution in [3.05, 3.63) is 259 Å². The van der Waals surface area contributed by atoms with E-state index in [9.17, 15) is 8.78 Å². The van der Waals surface area contributed by atoms with Crippen LogP contribution in [0, 0.1) is 17.6 Å². The second kappa shape index (κ2) is 17.1. The van der Waals surface area contributed by atoms with E-state index in [0.717, 1.165) is 79.9 Å². The summed E-state index contributed by atoms with van der Waals surface area (Å²) in [5.74, 6) is -0.138. The maximum absolute atomic E-state index is 14.5. The number of rotatable bonds is 9. The summed E-state index contributed by atoms with van der Waals surface area (Å²) in [4.78, 5) is 7.09. The van der Waals surface area contributed by atoms with Gasteiger partial charge >= 0.3 is 0 Å². The third-order valence-corrected chi connectivity index (χ3v) is 14.7. The van der Waals surface area contributed by atoms with E-state index in [-0.39, 0.29) is 29.0 Å². The van der Waals surface area contributed by atoms with Crippen molar-refractivity contribution in [2.45, 2.75) is 38.1 Å². The van der Waals surface area contributed by atoms with Gasteiger partial charge in [-0.15, -0.1) is 0 Å². The predicted octanol–water partition coefficient (Wildman–Crippen LogP) is 17.0. The quantitative estimate of drug-likeness (QED) is 0.143. The van der Waals surface area contributed by atoms with Crippen LogP contribution in [-0.4, -0.2) is 10.1 Å². The number of benzene rings is 8. The van der Waals surface area contributed by atoms with Gasteiger partial charge in [0.15, 0.2) is 0 Å². The van der Waals surface area contributed by atoms with Crippen LogP contribution in [0.3, 0.4) is 0 Å². The van der Waals surface area contributed by atoms with Gasteiger partial charge in [0.1, 0.15) is 11.6 Å². The molecule has 0 amide bonds. The molecule has 3 unspecified atom stereocenters. The van der Waals surface area contributed by atoms with E-state index in [4.69, 9.17) is 0 Å². The molecule has 1 aromatic heterocycles. The fourth-order valence-electron chi connectivity index (χ4n) is 11.2. The zero-order chi connectivity index (χ0) is 46.6. The second-order valence-corrected chi connectivity index (χ2v) is 18.6. The van der Waals surface area contributed by atoms with Crippen LogP contribution in [0.15, 0.2) is 242 Å². The molecule has 2 heterocycles. The molecule has 3 atom stereocenters. The highest BCUT2D eigenvalue weighted by molar-refractivity contribution is 6.10. The fourth-order valence-corrected chi connectivity index (χ4v) is 11.2. The monoisotopic (exact) mass is 900 g/mol. The molecule has 0 bridgehead atoms. The molecule has 9 aromatic rings. The Morgan fingerprint density at radius 3 is 1.80 bits per heavy atom. The highest BCUT2D eigenvalue weighted by Crippen LogP contribution is 2.58. The van der Waals surface area contributed by atoms with Crippen LogP contribution in [0.5, 0.6) is 0 Å². The molecule has 4 nitrogen and oxygen atoms in total. The SMILES string of the molecule is CC1CC(N(c2ccc(F)cc2)c2ccc(-c3ccc(N(c4ccc(F)cc4)c4ccc5c(c4)c4ccccc4n5-c4ccccc4)cc3)cc2)=CC2c3ccccc3N(C3=CCC=CC=C3)C12C. The van der Waals surface area contributed by atoms with Crippen LogP contribution in [-0.2, 0) is 0 Å². The Kier molecular flexibility index (Phi) is 10.5. The standard InChI is InChI=1S/C63H50F2N4/c1-43-40-55(42-59-57-19-11-13-21-62(57)69(63(43,59)2)53-16-6-3-4-7-17-53)67(52-36-28-47(65)29-37-52)50-32-24-45(25-33-50)44-22-30-49(31-23-44)66(51-34-26-46(64)27-35-51)54-38-39-61-58(41-54)56-18-10-12-20-60(56)68(61)48-14-8-5-9-15-48/h3-6,8-39,41-43,59H,7,40H2,1-2H3. The predicted molar refractivity (Wildman–Crippen MR) is 282 cm³/mol. The molecule has 69 heavy (non-hydrogen) atoms. The van der Waals surface area contributed by atoms with Crippen LogP contribution < -0.4 is 14.7 Å². The topological polar surface area (TPSA) is 14.7 Å². The summed E-state index contributed by atoms with van der Waals surface area (Å²) in [6, 6.07) is 65.3. The highest BCUT2D eigenvalue weighted by Gasteiger charge is 2.53. The lowest BCUT2D eigenvalue weighted by molar-refractivity contribution is 0.277. The highest BCUT2D eigenvalue weighted by atomic mass is 19.1. The second-order valence-electron chi connectivity index (χ2n) is 18.6. The number of nitrogens with zero attached hydrogens (tertiary/aromatic N) is 4.